The maximum atomic E-state index is 13.7. The highest BCUT2D eigenvalue weighted by Crippen LogP contribution is 2.23. The minimum absolute atomic E-state index is 0.0499. The third-order valence-corrected chi connectivity index (χ3v) is 2.72. The first-order valence-corrected chi connectivity index (χ1v) is 5.71. The fourth-order valence-corrected chi connectivity index (χ4v) is 1.83. The Bertz CT molecular complexity index is 493. The zero-order valence-electron chi connectivity index (χ0n) is 10.0. The smallest absolute Gasteiger partial charge is 0.148 e. The molecular formula is C13H16FN3. The highest BCUT2D eigenvalue weighted by atomic mass is 19.1. The zero-order valence-corrected chi connectivity index (χ0v) is 10.0. The van der Waals surface area contributed by atoms with E-state index in [0.717, 1.165) is 12.2 Å². The van der Waals surface area contributed by atoms with Gasteiger partial charge >= 0.3 is 0 Å². The summed E-state index contributed by atoms with van der Waals surface area (Å²) in [5.74, 6) is 0.588. The van der Waals surface area contributed by atoms with Crippen molar-refractivity contribution < 1.29 is 4.39 Å². The lowest BCUT2D eigenvalue weighted by molar-refractivity contribution is 0.586. The Labute approximate surface area is 100 Å². The highest BCUT2D eigenvalue weighted by molar-refractivity contribution is 5.37. The molecule has 0 amide bonds. The van der Waals surface area contributed by atoms with Gasteiger partial charge in [-0.05, 0) is 12.5 Å². The van der Waals surface area contributed by atoms with Gasteiger partial charge in [0.1, 0.15) is 11.6 Å². The van der Waals surface area contributed by atoms with Crippen LogP contribution >= 0.6 is 0 Å². The van der Waals surface area contributed by atoms with Gasteiger partial charge < -0.3 is 5.32 Å². The maximum Gasteiger partial charge on any atom is 0.148 e. The van der Waals surface area contributed by atoms with E-state index in [1.165, 1.54) is 6.07 Å². The average Bonchev–Trinajstić information content (AvgIpc) is 2.73. The van der Waals surface area contributed by atoms with Crippen LogP contribution in [0.4, 0.5) is 10.2 Å². The second kappa shape index (κ2) is 4.99. The quantitative estimate of drug-likeness (QED) is 0.879. The molecule has 0 fully saturated rings. The second-order valence-electron chi connectivity index (χ2n) is 4.00. The first-order valence-electron chi connectivity index (χ1n) is 5.71. The van der Waals surface area contributed by atoms with Crippen LogP contribution in [0.25, 0.3) is 0 Å². The van der Waals surface area contributed by atoms with E-state index >= 15 is 0 Å². The summed E-state index contributed by atoms with van der Waals surface area (Å²) in [6.07, 6.45) is 2.66. The number of nitrogens with zero attached hydrogens (tertiary/aromatic N) is 2. The summed E-state index contributed by atoms with van der Waals surface area (Å²) in [5.41, 5.74) is 0.681. The topological polar surface area (TPSA) is 29.9 Å². The second-order valence-corrected chi connectivity index (χ2v) is 4.00. The molecule has 2 rings (SSSR count). The molecule has 1 aromatic carbocycles. The van der Waals surface area contributed by atoms with Gasteiger partial charge in [-0.15, -0.1) is 0 Å². The van der Waals surface area contributed by atoms with Crippen LogP contribution in [0.2, 0.25) is 0 Å². The first kappa shape index (κ1) is 11.6. The molecule has 0 aliphatic carbocycles. The van der Waals surface area contributed by atoms with Crippen LogP contribution in [0.3, 0.4) is 0 Å². The molecule has 3 nitrogen and oxygen atoms in total. The van der Waals surface area contributed by atoms with Crippen molar-refractivity contribution >= 4 is 5.82 Å². The molecule has 0 saturated heterocycles. The summed E-state index contributed by atoms with van der Waals surface area (Å²) in [6.45, 7) is 2.02. The van der Waals surface area contributed by atoms with E-state index in [1.54, 1.807) is 16.8 Å². The highest BCUT2D eigenvalue weighted by Gasteiger charge is 2.13. The molecule has 4 heteroatoms. The third-order valence-electron chi connectivity index (χ3n) is 2.72. The molecule has 1 heterocycles. The predicted octanol–water partition coefficient (Wildman–Crippen LogP) is 3.12. The Hall–Kier alpha value is -1.84. The van der Waals surface area contributed by atoms with Gasteiger partial charge in [0, 0.05) is 24.9 Å². The third kappa shape index (κ3) is 2.64. The molecule has 0 radical (unpaired) electrons. The van der Waals surface area contributed by atoms with Crippen LogP contribution in [0.1, 0.15) is 24.9 Å². The Morgan fingerprint density at radius 1 is 1.35 bits per heavy atom. The van der Waals surface area contributed by atoms with Crippen LogP contribution in [0, 0.1) is 5.82 Å². The number of aryl methyl sites for hydroxylation is 1. The van der Waals surface area contributed by atoms with Crippen LogP contribution in [-0.4, -0.2) is 9.78 Å². The number of hydrogen-bond donors (Lipinski definition) is 1. The number of aromatic nitrogens is 2. The van der Waals surface area contributed by atoms with Gasteiger partial charge in [0.05, 0.1) is 6.04 Å². The van der Waals surface area contributed by atoms with Crippen LogP contribution in [0.5, 0.6) is 0 Å². The van der Waals surface area contributed by atoms with Gasteiger partial charge in [0.25, 0.3) is 0 Å². The lowest BCUT2D eigenvalue weighted by Gasteiger charge is -2.17. The molecule has 0 aliphatic rings. The van der Waals surface area contributed by atoms with Crippen molar-refractivity contribution in [3.63, 3.8) is 0 Å². The fourth-order valence-electron chi connectivity index (χ4n) is 1.83. The van der Waals surface area contributed by atoms with Crippen molar-refractivity contribution in [2.75, 3.05) is 5.32 Å². The van der Waals surface area contributed by atoms with Crippen molar-refractivity contribution in [1.29, 1.82) is 0 Å². The molecule has 0 bridgehead atoms. The largest absolute Gasteiger partial charge is 0.362 e. The van der Waals surface area contributed by atoms with Crippen LogP contribution in [-0.2, 0) is 7.05 Å². The van der Waals surface area contributed by atoms with Crippen molar-refractivity contribution in [2.45, 2.75) is 19.4 Å². The van der Waals surface area contributed by atoms with Crippen molar-refractivity contribution in [1.82, 2.24) is 9.78 Å². The molecule has 90 valence electrons. The van der Waals surface area contributed by atoms with Gasteiger partial charge in [0.2, 0.25) is 0 Å². The summed E-state index contributed by atoms with van der Waals surface area (Å²) in [5, 5.41) is 7.47. The van der Waals surface area contributed by atoms with Crippen molar-refractivity contribution in [3.05, 3.63) is 47.9 Å². The van der Waals surface area contributed by atoms with E-state index in [2.05, 4.69) is 10.4 Å². The van der Waals surface area contributed by atoms with Gasteiger partial charge in [-0.3, -0.25) is 4.68 Å². The number of halogens is 1. The molecule has 1 N–H and O–H groups in total. The summed E-state index contributed by atoms with van der Waals surface area (Å²) in [7, 11) is 1.86. The van der Waals surface area contributed by atoms with Gasteiger partial charge in [0.15, 0.2) is 0 Å². The lowest BCUT2D eigenvalue weighted by atomic mass is 10.0. The summed E-state index contributed by atoms with van der Waals surface area (Å²) in [4.78, 5) is 0. The number of rotatable bonds is 4. The lowest BCUT2D eigenvalue weighted by Crippen LogP contribution is -2.12. The minimum Gasteiger partial charge on any atom is -0.362 e. The Morgan fingerprint density at radius 3 is 2.71 bits per heavy atom. The first-order chi connectivity index (χ1) is 8.20. The van der Waals surface area contributed by atoms with E-state index in [4.69, 9.17) is 0 Å². The molecule has 0 aliphatic heterocycles. The zero-order chi connectivity index (χ0) is 12.3. The molecule has 1 atom stereocenters. The Morgan fingerprint density at radius 2 is 2.12 bits per heavy atom. The van der Waals surface area contributed by atoms with E-state index in [9.17, 15) is 4.39 Å². The van der Waals surface area contributed by atoms with Crippen LogP contribution < -0.4 is 5.32 Å². The number of anilines is 1. The molecule has 2 aromatic rings. The van der Waals surface area contributed by atoms with Gasteiger partial charge in [-0.1, -0.05) is 25.1 Å². The fraction of sp³-hybridized carbons (Fsp3) is 0.308. The van der Waals surface area contributed by atoms with Crippen molar-refractivity contribution in [2.24, 2.45) is 7.05 Å². The van der Waals surface area contributed by atoms with Crippen LogP contribution in [0.15, 0.2) is 36.5 Å². The Balaban J connectivity index is 2.20. The average molecular weight is 233 g/mol. The molecule has 1 aromatic heterocycles. The number of nitrogens with one attached hydrogen (secondary N) is 1. The Kier molecular flexibility index (Phi) is 3.42. The van der Waals surface area contributed by atoms with E-state index in [-0.39, 0.29) is 11.9 Å². The predicted molar refractivity (Wildman–Crippen MR) is 66.3 cm³/mol. The van der Waals surface area contributed by atoms with Crippen molar-refractivity contribution in [3.8, 4) is 0 Å². The van der Waals surface area contributed by atoms with E-state index < -0.39 is 0 Å². The SMILES string of the molecule is CCC(Nc1ccn(C)n1)c1ccccc1F. The molecule has 1 unspecified atom stereocenters. The number of benzene rings is 1. The summed E-state index contributed by atoms with van der Waals surface area (Å²) in [6, 6.07) is 8.67. The monoisotopic (exact) mass is 233 g/mol. The normalized spacial score (nSPS) is 12.4. The standard InChI is InChI=1S/C13H16FN3/c1-3-12(10-6-4-5-7-11(10)14)15-13-8-9-17(2)16-13/h4-9,12H,3H2,1-2H3,(H,15,16). The summed E-state index contributed by atoms with van der Waals surface area (Å²) < 4.78 is 15.4. The van der Waals surface area contributed by atoms with Gasteiger partial charge in [-0.25, -0.2) is 4.39 Å². The maximum absolute atomic E-state index is 13.7. The molecule has 0 spiro atoms. The summed E-state index contributed by atoms with van der Waals surface area (Å²) >= 11 is 0. The van der Waals surface area contributed by atoms with E-state index in [0.29, 0.717) is 5.56 Å². The molecule has 17 heavy (non-hydrogen) atoms. The number of hydrogen-bond acceptors (Lipinski definition) is 2. The molecule has 0 saturated carbocycles. The minimum atomic E-state index is -0.178. The molecular weight excluding hydrogens is 217 g/mol. The van der Waals surface area contributed by atoms with E-state index in [1.807, 2.05) is 32.3 Å². The van der Waals surface area contributed by atoms with Gasteiger partial charge in [-0.2, -0.15) is 5.10 Å².